The summed E-state index contributed by atoms with van der Waals surface area (Å²) >= 11 is 3.26. The fourth-order valence-corrected chi connectivity index (χ4v) is 5.24. The number of nitrogens with one attached hydrogen (secondary N) is 1. The Bertz CT molecular complexity index is 987. The molecular formula is C17H17BrFN3O3S. The average Bonchev–Trinajstić information content (AvgIpc) is 3.08. The van der Waals surface area contributed by atoms with Crippen LogP contribution in [0.4, 0.5) is 4.39 Å². The molecule has 1 saturated heterocycles. The first kappa shape index (κ1) is 18.8. The smallest absolute Gasteiger partial charge is 0.244 e. The minimum Gasteiger partial charge on any atom is -0.346 e. The number of carbonyl (C=O) groups excluding carboxylic acids is 1. The molecule has 1 aliphatic heterocycles. The zero-order valence-corrected chi connectivity index (χ0v) is 16.3. The lowest BCUT2D eigenvalue weighted by molar-refractivity contribution is -0.117. The van der Waals surface area contributed by atoms with Gasteiger partial charge < -0.3 is 5.32 Å². The van der Waals surface area contributed by atoms with Gasteiger partial charge in [0.2, 0.25) is 5.91 Å². The molecule has 1 atom stereocenters. The Kier molecular flexibility index (Phi) is 5.03. The third-order valence-corrected chi connectivity index (χ3v) is 6.44. The third kappa shape index (κ3) is 4.39. The summed E-state index contributed by atoms with van der Waals surface area (Å²) in [5, 5.41) is 6.74. The van der Waals surface area contributed by atoms with Crippen molar-refractivity contribution in [2.45, 2.75) is 18.9 Å². The van der Waals surface area contributed by atoms with Crippen LogP contribution in [0.1, 0.15) is 18.9 Å². The number of rotatable bonds is 4. The topological polar surface area (TPSA) is 81.1 Å². The first-order valence-corrected chi connectivity index (χ1v) is 10.5. The predicted molar refractivity (Wildman–Crippen MR) is 100 cm³/mol. The Labute approximate surface area is 159 Å². The minimum atomic E-state index is -3.10. The summed E-state index contributed by atoms with van der Waals surface area (Å²) in [5.74, 6) is -0.881. The summed E-state index contributed by atoms with van der Waals surface area (Å²) < 4.78 is 39.6. The van der Waals surface area contributed by atoms with E-state index in [2.05, 4.69) is 26.3 Å². The number of benzene rings is 1. The molecule has 3 rings (SSSR count). The molecule has 0 spiro atoms. The highest BCUT2D eigenvalue weighted by molar-refractivity contribution is 9.10. The van der Waals surface area contributed by atoms with E-state index in [4.69, 9.17) is 0 Å². The van der Waals surface area contributed by atoms with Crippen molar-refractivity contribution >= 4 is 37.8 Å². The average molecular weight is 442 g/mol. The lowest BCUT2D eigenvalue weighted by Crippen LogP contribution is -2.46. The zero-order valence-electron chi connectivity index (χ0n) is 13.9. The zero-order chi connectivity index (χ0) is 18.9. The van der Waals surface area contributed by atoms with Crippen LogP contribution in [0.3, 0.4) is 0 Å². The van der Waals surface area contributed by atoms with Gasteiger partial charge in [0.25, 0.3) is 0 Å². The Morgan fingerprint density at radius 1 is 1.46 bits per heavy atom. The van der Waals surface area contributed by atoms with Crippen LogP contribution in [0.25, 0.3) is 11.8 Å². The van der Waals surface area contributed by atoms with E-state index in [1.165, 1.54) is 22.9 Å². The van der Waals surface area contributed by atoms with Gasteiger partial charge in [0.15, 0.2) is 9.84 Å². The normalized spacial score (nSPS) is 22.0. The number of amides is 1. The Hall–Kier alpha value is -2.00. The van der Waals surface area contributed by atoms with Crippen LogP contribution in [0.15, 0.2) is 41.1 Å². The first-order valence-electron chi connectivity index (χ1n) is 7.87. The highest BCUT2D eigenvalue weighted by Crippen LogP contribution is 2.23. The maximum atomic E-state index is 14.3. The summed E-state index contributed by atoms with van der Waals surface area (Å²) in [7, 11) is -3.10. The molecule has 2 aromatic rings. The van der Waals surface area contributed by atoms with E-state index in [-0.39, 0.29) is 11.5 Å². The molecule has 138 valence electrons. The van der Waals surface area contributed by atoms with Gasteiger partial charge in [-0.15, -0.1) is 0 Å². The number of nitrogens with zero attached hydrogens (tertiary/aromatic N) is 2. The van der Waals surface area contributed by atoms with Gasteiger partial charge in [-0.1, -0.05) is 6.07 Å². The molecule has 1 aromatic heterocycles. The Balaban J connectivity index is 1.69. The highest BCUT2D eigenvalue weighted by Gasteiger charge is 2.39. The lowest BCUT2D eigenvalue weighted by atomic mass is 10.0. The van der Waals surface area contributed by atoms with E-state index in [0.717, 1.165) is 4.47 Å². The van der Waals surface area contributed by atoms with Crippen LogP contribution in [-0.2, 0) is 14.6 Å². The van der Waals surface area contributed by atoms with E-state index in [1.54, 1.807) is 31.5 Å². The first-order chi connectivity index (χ1) is 12.2. The van der Waals surface area contributed by atoms with E-state index in [1.807, 2.05) is 0 Å². The molecule has 1 amide bonds. The molecule has 0 aliphatic carbocycles. The van der Waals surface area contributed by atoms with Gasteiger partial charge in [-0.25, -0.2) is 17.5 Å². The SMILES string of the molecule is CC1(NC(=O)/C=C/c2ccc(-n3cc(Br)cn3)c(F)c2)CCS(=O)(=O)C1. The maximum Gasteiger partial charge on any atom is 0.244 e. The van der Waals surface area contributed by atoms with Gasteiger partial charge in [0.05, 0.1) is 27.7 Å². The fraction of sp³-hybridized carbons (Fsp3) is 0.294. The van der Waals surface area contributed by atoms with Gasteiger partial charge in [0.1, 0.15) is 11.5 Å². The van der Waals surface area contributed by atoms with E-state index >= 15 is 0 Å². The van der Waals surface area contributed by atoms with Crippen LogP contribution in [0, 0.1) is 5.82 Å². The monoisotopic (exact) mass is 441 g/mol. The van der Waals surface area contributed by atoms with Gasteiger partial charge in [-0.3, -0.25) is 4.79 Å². The fourth-order valence-electron chi connectivity index (χ4n) is 2.87. The van der Waals surface area contributed by atoms with Gasteiger partial charge in [0, 0.05) is 12.3 Å². The van der Waals surface area contributed by atoms with Crippen LogP contribution < -0.4 is 5.32 Å². The maximum absolute atomic E-state index is 14.3. The molecule has 0 saturated carbocycles. The molecule has 6 nitrogen and oxygen atoms in total. The standard InChI is InChI=1S/C17H17BrFN3O3S/c1-17(6-7-26(24,25)11-17)21-16(23)5-3-12-2-4-15(14(19)8-12)22-10-13(18)9-20-22/h2-5,8-10H,6-7,11H2,1H3,(H,21,23)/b5-3+. The number of halogens is 2. The predicted octanol–water partition coefficient (Wildman–Crippen LogP) is 2.48. The van der Waals surface area contributed by atoms with Crippen molar-refractivity contribution in [3.05, 3.63) is 52.5 Å². The van der Waals surface area contributed by atoms with Crippen molar-refractivity contribution in [3.8, 4) is 5.69 Å². The number of sulfone groups is 1. The Morgan fingerprint density at radius 3 is 2.81 bits per heavy atom. The van der Waals surface area contributed by atoms with Crippen molar-refractivity contribution in [1.29, 1.82) is 0 Å². The molecule has 0 radical (unpaired) electrons. The summed E-state index contributed by atoms with van der Waals surface area (Å²) in [4.78, 5) is 12.1. The number of carbonyl (C=O) groups is 1. The van der Waals surface area contributed by atoms with Crippen molar-refractivity contribution < 1.29 is 17.6 Å². The van der Waals surface area contributed by atoms with Crippen LogP contribution in [0.2, 0.25) is 0 Å². The number of hydrogen-bond acceptors (Lipinski definition) is 4. The van der Waals surface area contributed by atoms with Crippen LogP contribution in [-0.4, -0.2) is 41.2 Å². The van der Waals surface area contributed by atoms with Crippen LogP contribution in [0.5, 0.6) is 0 Å². The van der Waals surface area contributed by atoms with Gasteiger partial charge in [-0.05, 0) is 53.0 Å². The molecule has 9 heteroatoms. The summed E-state index contributed by atoms with van der Waals surface area (Å²) in [6.45, 7) is 1.71. The molecule has 26 heavy (non-hydrogen) atoms. The quantitative estimate of drug-likeness (QED) is 0.738. The summed E-state index contributed by atoms with van der Waals surface area (Å²) in [6, 6.07) is 4.53. The molecule has 1 fully saturated rings. The Morgan fingerprint density at radius 2 is 2.23 bits per heavy atom. The van der Waals surface area contributed by atoms with Crippen molar-refractivity contribution in [2.24, 2.45) is 0 Å². The largest absolute Gasteiger partial charge is 0.346 e. The van der Waals surface area contributed by atoms with E-state index < -0.39 is 27.1 Å². The minimum absolute atomic E-state index is 0.0671. The van der Waals surface area contributed by atoms with Crippen molar-refractivity contribution in [3.63, 3.8) is 0 Å². The van der Waals surface area contributed by atoms with E-state index in [9.17, 15) is 17.6 Å². The van der Waals surface area contributed by atoms with Gasteiger partial charge >= 0.3 is 0 Å². The molecule has 1 aliphatic rings. The van der Waals surface area contributed by atoms with Crippen molar-refractivity contribution in [2.75, 3.05) is 11.5 Å². The number of aromatic nitrogens is 2. The van der Waals surface area contributed by atoms with Gasteiger partial charge in [-0.2, -0.15) is 5.10 Å². The highest BCUT2D eigenvalue weighted by atomic mass is 79.9. The second kappa shape index (κ2) is 6.96. The molecular weight excluding hydrogens is 425 g/mol. The van der Waals surface area contributed by atoms with E-state index in [0.29, 0.717) is 17.7 Å². The molecule has 2 heterocycles. The lowest BCUT2D eigenvalue weighted by Gasteiger charge is -2.22. The summed E-state index contributed by atoms with van der Waals surface area (Å²) in [6.07, 6.45) is 6.33. The number of hydrogen-bond donors (Lipinski definition) is 1. The van der Waals surface area contributed by atoms with Crippen molar-refractivity contribution in [1.82, 2.24) is 15.1 Å². The second-order valence-corrected chi connectivity index (χ2v) is 9.64. The summed E-state index contributed by atoms with van der Waals surface area (Å²) in [5.41, 5.74) is 0.0424. The third-order valence-electron chi connectivity index (χ3n) is 4.13. The molecule has 1 aromatic carbocycles. The van der Waals surface area contributed by atoms with Crippen LogP contribution >= 0.6 is 15.9 Å². The molecule has 1 N–H and O–H groups in total. The molecule has 0 bridgehead atoms. The molecule has 1 unspecified atom stereocenters. The second-order valence-electron chi connectivity index (χ2n) is 6.54.